The molecule has 2 rings (SSSR count). The zero-order valence-corrected chi connectivity index (χ0v) is 8.74. The Bertz CT molecular complexity index is 450. The van der Waals surface area contributed by atoms with Crippen LogP contribution in [-0.4, -0.2) is 0 Å². The van der Waals surface area contributed by atoms with Gasteiger partial charge in [0.1, 0.15) is 17.3 Å². The summed E-state index contributed by atoms with van der Waals surface area (Å²) in [5.74, 6) is 1.33. The number of hydrogen-bond donors (Lipinski definition) is 2. The Hall–Kier alpha value is -1.81. The van der Waals surface area contributed by atoms with E-state index in [-0.39, 0.29) is 5.82 Å². The van der Waals surface area contributed by atoms with Crippen molar-refractivity contribution in [1.82, 2.24) is 0 Å². The molecule has 16 heavy (non-hydrogen) atoms. The molecule has 1 heterocycles. The van der Waals surface area contributed by atoms with E-state index in [1.807, 2.05) is 12.1 Å². The number of furan rings is 1. The Balaban J connectivity index is 1.94. The highest BCUT2D eigenvalue weighted by Gasteiger charge is 2.00. The molecule has 0 saturated heterocycles. The van der Waals surface area contributed by atoms with Gasteiger partial charge in [-0.25, -0.2) is 4.39 Å². The van der Waals surface area contributed by atoms with Gasteiger partial charge in [0.15, 0.2) is 0 Å². The third-order valence-corrected chi connectivity index (χ3v) is 2.23. The smallest absolute Gasteiger partial charge is 0.123 e. The van der Waals surface area contributed by atoms with Crippen molar-refractivity contribution in [2.75, 3.05) is 5.32 Å². The van der Waals surface area contributed by atoms with Gasteiger partial charge in [0, 0.05) is 5.69 Å². The van der Waals surface area contributed by atoms with Crippen LogP contribution in [0.1, 0.15) is 11.5 Å². The van der Waals surface area contributed by atoms with E-state index in [9.17, 15) is 4.39 Å². The van der Waals surface area contributed by atoms with E-state index >= 15 is 0 Å². The number of nitrogens with one attached hydrogen (secondary N) is 1. The molecule has 0 unspecified atom stereocenters. The third-order valence-electron chi connectivity index (χ3n) is 2.23. The van der Waals surface area contributed by atoms with Crippen molar-refractivity contribution in [2.45, 2.75) is 13.1 Å². The van der Waals surface area contributed by atoms with E-state index in [1.165, 1.54) is 12.1 Å². The van der Waals surface area contributed by atoms with E-state index in [0.717, 1.165) is 17.2 Å². The van der Waals surface area contributed by atoms with Gasteiger partial charge in [-0.3, -0.25) is 0 Å². The van der Waals surface area contributed by atoms with Gasteiger partial charge in [-0.05, 0) is 36.4 Å². The predicted octanol–water partition coefficient (Wildman–Crippen LogP) is 2.49. The molecule has 0 atom stereocenters. The monoisotopic (exact) mass is 220 g/mol. The van der Waals surface area contributed by atoms with Crippen molar-refractivity contribution in [3.8, 4) is 0 Å². The summed E-state index contributed by atoms with van der Waals surface area (Å²) in [5.41, 5.74) is 6.29. The molecule has 0 radical (unpaired) electrons. The van der Waals surface area contributed by atoms with Gasteiger partial charge in [-0.2, -0.15) is 0 Å². The summed E-state index contributed by atoms with van der Waals surface area (Å²) >= 11 is 0. The molecular weight excluding hydrogens is 207 g/mol. The second-order valence-electron chi connectivity index (χ2n) is 3.43. The summed E-state index contributed by atoms with van der Waals surface area (Å²) in [6.45, 7) is 0.960. The molecule has 0 spiro atoms. The maximum atomic E-state index is 12.6. The van der Waals surface area contributed by atoms with Crippen LogP contribution in [0.3, 0.4) is 0 Å². The lowest BCUT2D eigenvalue weighted by molar-refractivity contribution is 0.473. The lowest BCUT2D eigenvalue weighted by Crippen LogP contribution is -1.98. The lowest BCUT2D eigenvalue weighted by Gasteiger charge is -2.03. The number of nitrogens with two attached hydrogens (primary N) is 1. The van der Waals surface area contributed by atoms with Crippen LogP contribution >= 0.6 is 0 Å². The molecule has 0 aliphatic rings. The molecule has 0 amide bonds. The molecule has 0 aliphatic heterocycles. The van der Waals surface area contributed by atoms with Crippen molar-refractivity contribution in [2.24, 2.45) is 5.73 Å². The van der Waals surface area contributed by atoms with E-state index in [1.54, 1.807) is 12.1 Å². The van der Waals surface area contributed by atoms with Gasteiger partial charge < -0.3 is 15.5 Å². The predicted molar refractivity (Wildman–Crippen MR) is 60.3 cm³/mol. The molecule has 3 N–H and O–H groups in total. The van der Waals surface area contributed by atoms with Gasteiger partial charge in [0.05, 0.1) is 13.1 Å². The molecule has 84 valence electrons. The highest BCUT2D eigenvalue weighted by atomic mass is 19.1. The molecule has 1 aromatic carbocycles. The minimum atomic E-state index is -0.242. The standard InChI is InChI=1S/C12H13FN2O/c13-9-1-3-10(4-2-9)15-8-12-6-5-11(7-14)16-12/h1-6,15H,7-8,14H2. The normalized spacial score (nSPS) is 10.4. The van der Waals surface area contributed by atoms with Gasteiger partial charge in [0.25, 0.3) is 0 Å². The van der Waals surface area contributed by atoms with E-state index in [0.29, 0.717) is 13.1 Å². The molecule has 0 saturated carbocycles. The molecule has 0 aliphatic carbocycles. The average molecular weight is 220 g/mol. The first-order valence-corrected chi connectivity index (χ1v) is 5.05. The molecule has 1 aromatic heterocycles. The SMILES string of the molecule is NCc1ccc(CNc2ccc(F)cc2)o1. The Morgan fingerprint density at radius 3 is 2.38 bits per heavy atom. The van der Waals surface area contributed by atoms with E-state index in [2.05, 4.69) is 5.32 Å². The minimum absolute atomic E-state index is 0.242. The second kappa shape index (κ2) is 4.81. The van der Waals surface area contributed by atoms with Gasteiger partial charge in [0.2, 0.25) is 0 Å². The quantitative estimate of drug-likeness (QED) is 0.832. The fourth-order valence-electron chi connectivity index (χ4n) is 1.38. The first-order valence-electron chi connectivity index (χ1n) is 5.05. The number of hydrogen-bond acceptors (Lipinski definition) is 3. The topological polar surface area (TPSA) is 51.2 Å². The van der Waals surface area contributed by atoms with Gasteiger partial charge >= 0.3 is 0 Å². The molecular formula is C12H13FN2O. The number of halogens is 1. The van der Waals surface area contributed by atoms with Crippen LogP contribution < -0.4 is 11.1 Å². The van der Waals surface area contributed by atoms with Crippen molar-refractivity contribution in [3.63, 3.8) is 0 Å². The highest BCUT2D eigenvalue weighted by Crippen LogP contribution is 2.12. The number of benzene rings is 1. The minimum Gasteiger partial charge on any atom is -0.463 e. The largest absolute Gasteiger partial charge is 0.463 e. The summed E-state index contributed by atoms with van der Waals surface area (Å²) in [6.07, 6.45) is 0. The average Bonchev–Trinajstić information content (AvgIpc) is 2.76. The fourth-order valence-corrected chi connectivity index (χ4v) is 1.38. The van der Waals surface area contributed by atoms with Gasteiger partial charge in [-0.1, -0.05) is 0 Å². The lowest BCUT2D eigenvalue weighted by atomic mass is 10.3. The van der Waals surface area contributed by atoms with Crippen LogP contribution in [0.25, 0.3) is 0 Å². The number of rotatable bonds is 4. The summed E-state index contributed by atoms with van der Waals surface area (Å²) in [4.78, 5) is 0. The molecule has 4 heteroatoms. The fraction of sp³-hybridized carbons (Fsp3) is 0.167. The zero-order chi connectivity index (χ0) is 11.4. The second-order valence-corrected chi connectivity index (χ2v) is 3.43. The highest BCUT2D eigenvalue weighted by molar-refractivity contribution is 5.42. The maximum Gasteiger partial charge on any atom is 0.123 e. The summed E-state index contributed by atoms with van der Waals surface area (Å²) in [6, 6.07) is 9.91. The molecule has 0 bridgehead atoms. The first-order chi connectivity index (χ1) is 7.78. The summed E-state index contributed by atoms with van der Waals surface area (Å²) in [5, 5.41) is 3.12. The van der Waals surface area contributed by atoms with Crippen molar-refractivity contribution >= 4 is 5.69 Å². The summed E-state index contributed by atoms with van der Waals surface area (Å²) in [7, 11) is 0. The Labute approximate surface area is 93.1 Å². The van der Waals surface area contributed by atoms with Crippen LogP contribution in [0.5, 0.6) is 0 Å². The number of anilines is 1. The molecule has 2 aromatic rings. The van der Waals surface area contributed by atoms with Crippen LogP contribution in [0.4, 0.5) is 10.1 Å². The van der Waals surface area contributed by atoms with Crippen molar-refractivity contribution < 1.29 is 8.81 Å². The maximum absolute atomic E-state index is 12.6. The zero-order valence-electron chi connectivity index (χ0n) is 8.74. The Morgan fingerprint density at radius 1 is 1.06 bits per heavy atom. The molecule has 3 nitrogen and oxygen atoms in total. The van der Waals surface area contributed by atoms with Crippen molar-refractivity contribution in [1.29, 1.82) is 0 Å². The van der Waals surface area contributed by atoms with Crippen LogP contribution in [-0.2, 0) is 13.1 Å². The van der Waals surface area contributed by atoms with Crippen LogP contribution in [0.15, 0.2) is 40.8 Å². The first kappa shape index (κ1) is 10.7. The van der Waals surface area contributed by atoms with E-state index < -0.39 is 0 Å². The third kappa shape index (κ3) is 2.61. The summed E-state index contributed by atoms with van der Waals surface area (Å²) < 4.78 is 18.1. The Kier molecular flexibility index (Phi) is 3.22. The van der Waals surface area contributed by atoms with Gasteiger partial charge in [-0.15, -0.1) is 0 Å². The van der Waals surface area contributed by atoms with Crippen LogP contribution in [0.2, 0.25) is 0 Å². The molecule has 0 fully saturated rings. The van der Waals surface area contributed by atoms with E-state index in [4.69, 9.17) is 10.2 Å². The van der Waals surface area contributed by atoms with Crippen LogP contribution in [0, 0.1) is 5.82 Å². The van der Waals surface area contributed by atoms with Crippen molar-refractivity contribution in [3.05, 3.63) is 53.7 Å². The Morgan fingerprint density at radius 2 is 1.75 bits per heavy atom.